The molecule has 0 unspecified atom stereocenters. The van der Waals surface area contributed by atoms with Gasteiger partial charge in [0.1, 0.15) is 6.54 Å². The van der Waals surface area contributed by atoms with Crippen LogP contribution in [0.3, 0.4) is 0 Å². The molecule has 0 spiro atoms. The van der Waals surface area contributed by atoms with Crippen molar-refractivity contribution in [2.45, 2.75) is 26.8 Å². The van der Waals surface area contributed by atoms with Gasteiger partial charge >= 0.3 is 5.69 Å². The molecule has 31 heavy (non-hydrogen) atoms. The number of hydrogen-bond donors (Lipinski definition) is 1. The summed E-state index contributed by atoms with van der Waals surface area (Å²) in [7, 11) is 0. The van der Waals surface area contributed by atoms with Crippen LogP contribution in [0.15, 0.2) is 51.9 Å². The minimum absolute atomic E-state index is 0.171. The Balaban J connectivity index is 1.62. The van der Waals surface area contributed by atoms with E-state index in [9.17, 15) is 9.59 Å². The summed E-state index contributed by atoms with van der Waals surface area (Å²) in [5, 5.41) is 11.7. The van der Waals surface area contributed by atoms with Gasteiger partial charge in [-0.1, -0.05) is 42.7 Å². The van der Waals surface area contributed by atoms with Crippen molar-refractivity contribution < 1.29 is 9.32 Å². The van der Waals surface area contributed by atoms with Crippen molar-refractivity contribution in [3.8, 4) is 22.8 Å². The Bertz CT molecular complexity index is 1290. The molecule has 160 valence electrons. The first-order valence-electron chi connectivity index (χ1n) is 9.87. The van der Waals surface area contributed by atoms with Crippen molar-refractivity contribution in [2.75, 3.05) is 6.54 Å². The van der Waals surface area contributed by atoms with Crippen molar-refractivity contribution in [3.63, 3.8) is 0 Å². The maximum absolute atomic E-state index is 12.7. The molecule has 3 aromatic heterocycles. The second-order valence-corrected chi connectivity index (χ2v) is 7.96. The lowest BCUT2D eigenvalue weighted by Gasteiger charge is -2.06. The lowest BCUT2D eigenvalue weighted by atomic mass is 10.1. The average molecular weight is 441 g/mol. The van der Waals surface area contributed by atoms with Crippen molar-refractivity contribution in [1.82, 2.24) is 29.6 Å². The van der Waals surface area contributed by atoms with Crippen molar-refractivity contribution >= 4 is 23.2 Å². The number of carbonyl (C=O) groups is 1. The number of aromatic nitrogens is 5. The Morgan fingerprint density at radius 3 is 2.87 bits per heavy atom. The van der Waals surface area contributed by atoms with E-state index in [2.05, 4.69) is 34.4 Å². The summed E-state index contributed by atoms with van der Waals surface area (Å²) in [6.45, 7) is 4.54. The molecule has 0 atom stereocenters. The third-order valence-electron chi connectivity index (χ3n) is 4.69. The molecular formula is C21H21ClN6O3. The van der Waals surface area contributed by atoms with E-state index in [0.717, 1.165) is 11.1 Å². The Labute approximate surface area is 182 Å². The van der Waals surface area contributed by atoms with Crippen LogP contribution < -0.4 is 11.0 Å². The van der Waals surface area contributed by atoms with Crippen LogP contribution in [0, 0.1) is 5.92 Å². The van der Waals surface area contributed by atoms with Gasteiger partial charge in [-0.15, -0.1) is 5.10 Å². The highest BCUT2D eigenvalue weighted by atomic mass is 35.5. The fourth-order valence-electron chi connectivity index (χ4n) is 3.08. The summed E-state index contributed by atoms with van der Waals surface area (Å²) < 4.78 is 7.88. The Morgan fingerprint density at radius 2 is 2.10 bits per heavy atom. The van der Waals surface area contributed by atoms with Crippen LogP contribution in [0.4, 0.5) is 0 Å². The number of pyridine rings is 1. The Kier molecular flexibility index (Phi) is 5.85. The van der Waals surface area contributed by atoms with E-state index in [4.69, 9.17) is 16.1 Å². The highest BCUT2D eigenvalue weighted by Gasteiger charge is 2.18. The number of halogens is 1. The second kappa shape index (κ2) is 8.73. The smallest absolute Gasteiger partial charge is 0.350 e. The quantitative estimate of drug-likeness (QED) is 0.473. The van der Waals surface area contributed by atoms with Gasteiger partial charge in [0.05, 0.1) is 5.56 Å². The summed E-state index contributed by atoms with van der Waals surface area (Å²) in [5.41, 5.74) is 1.09. The predicted octanol–water partition coefficient (Wildman–Crippen LogP) is 3.03. The van der Waals surface area contributed by atoms with Gasteiger partial charge < -0.3 is 9.84 Å². The first kappa shape index (κ1) is 20.8. The van der Waals surface area contributed by atoms with E-state index < -0.39 is 5.69 Å². The number of nitrogens with one attached hydrogen (secondary N) is 1. The number of rotatable bonds is 7. The number of benzene rings is 1. The summed E-state index contributed by atoms with van der Waals surface area (Å²) >= 11 is 6.04. The fraction of sp³-hybridized carbons (Fsp3) is 0.286. The molecule has 9 nitrogen and oxygen atoms in total. The normalized spacial score (nSPS) is 11.4. The standard InChI is InChI=1S/C21H21ClN6O3/c1-13(2)8-9-23-17(29)12-28-21(30)27-10-4-7-16(19(27)25-28)20-24-18(26-31-20)14-5-3-6-15(22)11-14/h3-7,10-11,13H,8-9,12H2,1-2H3,(H,23,29). The summed E-state index contributed by atoms with van der Waals surface area (Å²) in [4.78, 5) is 29.3. The Morgan fingerprint density at radius 1 is 1.26 bits per heavy atom. The van der Waals surface area contributed by atoms with Gasteiger partial charge in [-0.2, -0.15) is 4.98 Å². The zero-order chi connectivity index (χ0) is 22.0. The lowest BCUT2D eigenvalue weighted by molar-refractivity contribution is -0.121. The molecule has 0 saturated carbocycles. The molecule has 0 saturated heterocycles. The minimum Gasteiger partial charge on any atom is -0.354 e. The second-order valence-electron chi connectivity index (χ2n) is 7.52. The van der Waals surface area contributed by atoms with E-state index in [1.165, 1.54) is 4.40 Å². The van der Waals surface area contributed by atoms with Crippen LogP contribution in [0.5, 0.6) is 0 Å². The summed E-state index contributed by atoms with van der Waals surface area (Å²) in [5.74, 6) is 0.783. The highest BCUT2D eigenvalue weighted by molar-refractivity contribution is 6.30. The van der Waals surface area contributed by atoms with Gasteiger partial charge in [0, 0.05) is 23.3 Å². The zero-order valence-corrected chi connectivity index (χ0v) is 17.8. The fourth-order valence-corrected chi connectivity index (χ4v) is 3.27. The third-order valence-corrected chi connectivity index (χ3v) is 4.92. The third kappa shape index (κ3) is 4.51. The van der Waals surface area contributed by atoms with Gasteiger partial charge in [-0.25, -0.2) is 13.9 Å². The maximum Gasteiger partial charge on any atom is 0.350 e. The molecule has 0 bridgehead atoms. The average Bonchev–Trinajstić information content (AvgIpc) is 3.33. The molecule has 3 heterocycles. The van der Waals surface area contributed by atoms with Gasteiger partial charge in [-0.05, 0) is 36.6 Å². The van der Waals surface area contributed by atoms with Crippen molar-refractivity contribution in [3.05, 3.63) is 58.1 Å². The zero-order valence-electron chi connectivity index (χ0n) is 17.1. The van der Waals surface area contributed by atoms with Gasteiger partial charge in [-0.3, -0.25) is 4.79 Å². The van der Waals surface area contributed by atoms with E-state index in [-0.39, 0.29) is 18.3 Å². The van der Waals surface area contributed by atoms with Gasteiger partial charge in [0.15, 0.2) is 5.65 Å². The molecule has 4 aromatic rings. The molecule has 1 amide bonds. The van der Waals surface area contributed by atoms with Crippen LogP contribution in [-0.4, -0.2) is 36.8 Å². The number of amides is 1. The number of carbonyl (C=O) groups excluding carboxylic acids is 1. The molecule has 10 heteroatoms. The molecule has 0 fully saturated rings. The summed E-state index contributed by atoms with van der Waals surface area (Å²) in [6.07, 6.45) is 2.44. The number of hydrogen-bond acceptors (Lipinski definition) is 6. The highest BCUT2D eigenvalue weighted by Crippen LogP contribution is 2.25. The van der Waals surface area contributed by atoms with Gasteiger partial charge in [0.2, 0.25) is 11.7 Å². The molecular weight excluding hydrogens is 420 g/mol. The van der Waals surface area contributed by atoms with Gasteiger partial charge in [0.25, 0.3) is 5.89 Å². The number of nitrogens with zero attached hydrogens (tertiary/aromatic N) is 5. The van der Waals surface area contributed by atoms with E-state index >= 15 is 0 Å². The maximum atomic E-state index is 12.7. The molecule has 0 aliphatic heterocycles. The van der Waals surface area contributed by atoms with Crippen LogP contribution in [-0.2, 0) is 11.3 Å². The van der Waals surface area contributed by atoms with E-state index in [1.54, 1.807) is 36.5 Å². The molecule has 0 aliphatic rings. The minimum atomic E-state index is -0.426. The van der Waals surface area contributed by atoms with E-state index in [0.29, 0.717) is 40.1 Å². The number of fused-ring (bicyclic) bond motifs is 1. The monoisotopic (exact) mass is 440 g/mol. The first-order chi connectivity index (χ1) is 14.9. The van der Waals surface area contributed by atoms with Crippen LogP contribution in [0.1, 0.15) is 20.3 Å². The van der Waals surface area contributed by atoms with Crippen LogP contribution >= 0.6 is 11.6 Å². The predicted molar refractivity (Wildman–Crippen MR) is 116 cm³/mol. The molecule has 0 aliphatic carbocycles. The summed E-state index contributed by atoms with van der Waals surface area (Å²) in [6, 6.07) is 10.5. The molecule has 1 N–H and O–H groups in total. The molecule has 4 rings (SSSR count). The molecule has 1 aromatic carbocycles. The topological polar surface area (TPSA) is 107 Å². The van der Waals surface area contributed by atoms with E-state index in [1.807, 2.05) is 6.07 Å². The SMILES string of the molecule is CC(C)CCNC(=O)Cn1nc2c(-c3nc(-c4cccc(Cl)c4)no3)cccn2c1=O. The van der Waals surface area contributed by atoms with Crippen molar-refractivity contribution in [1.29, 1.82) is 0 Å². The Hall–Kier alpha value is -3.46. The lowest BCUT2D eigenvalue weighted by Crippen LogP contribution is -2.33. The van der Waals surface area contributed by atoms with Crippen LogP contribution in [0.25, 0.3) is 28.5 Å². The first-order valence-corrected chi connectivity index (χ1v) is 10.2. The largest absolute Gasteiger partial charge is 0.354 e. The van der Waals surface area contributed by atoms with Crippen molar-refractivity contribution in [2.24, 2.45) is 5.92 Å². The van der Waals surface area contributed by atoms with Crippen LogP contribution in [0.2, 0.25) is 5.02 Å². The molecule has 0 radical (unpaired) electrons.